The third kappa shape index (κ3) is 2.79. The van der Waals surface area contributed by atoms with Gasteiger partial charge in [-0.2, -0.15) is 10.2 Å². The Kier molecular flexibility index (Phi) is 3.83. The molecule has 3 aromatic heterocycles. The molecule has 0 amide bonds. The minimum absolute atomic E-state index is 0.112. The molecule has 6 nitrogen and oxygen atoms in total. The van der Waals surface area contributed by atoms with Crippen LogP contribution in [0.4, 0.5) is 0 Å². The van der Waals surface area contributed by atoms with E-state index in [0.29, 0.717) is 0 Å². The number of aryl methyl sites for hydroxylation is 1. The van der Waals surface area contributed by atoms with Crippen molar-refractivity contribution in [3.63, 3.8) is 0 Å². The van der Waals surface area contributed by atoms with Crippen LogP contribution in [-0.2, 0) is 7.05 Å². The second kappa shape index (κ2) is 6.49. The average Bonchev–Trinajstić information content (AvgIpc) is 3.33. The van der Waals surface area contributed by atoms with Gasteiger partial charge in [0.15, 0.2) is 0 Å². The zero-order valence-corrected chi connectivity index (χ0v) is 15.6. The van der Waals surface area contributed by atoms with E-state index in [9.17, 15) is 0 Å². The molecule has 0 aliphatic rings. The summed E-state index contributed by atoms with van der Waals surface area (Å²) in [4.78, 5) is 4.44. The van der Waals surface area contributed by atoms with Crippen molar-refractivity contribution in [2.75, 3.05) is 0 Å². The lowest BCUT2D eigenvalue weighted by Gasteiger charge is -2.17. The van der Waals surface area contributed by atoms with Gasteiger partial charge >= 0.3 is 0 Å². The van der Waals surface area contributed by atoms with E-state index in [2.05, 4.69) is 39.3 Å². The number of nitrogens with one attached hydrogen (secondary N) is 1. The number of ether oxygens (including phenoxy) is 1. The predicted molar refractivity (Wildman–Crippen MR) is 109 cm³/mol. The van der Waals surface area contributed by atoms with Crippen molar-refractivity contribution in [3.05, 3.63) is 72.7 Å². The molecule has 0 aliphatic heterocycles. The number of aromatic nitrogens is 5. The molecule has 0 aliphatic carbocycles. The molecule has 3 heterocycles. The molecule has 5 aromatic rings. The summed E-state index contributed by atoms with van der Waals surface area (Å²) in [5, 5.41) is 13.9. The second-order valence-corrected chi connectivity index (χ2v) is 6.86. The van der Waals surface area contributed by atoms with E-state index >= 15 is 0 Å². The van der Waals surface area contributed by atoms with Crippen LogP contribution in [0.2, 0.25) is 0 Å². The molecule has 0 radical (unpaired) electrons. The third-order valence-electron chi connectivity index (χ3n) is 4.94. The molecule has 1 N–H and O–H groups in total. The van der Waals surface area contributed by atoms with Gasteiger partial charge in [0, 0.05) is 41.3 Å². The van der Waals surface area contributed by atoms with Gasteiger partial charge in [-0.25, -0.2) is 0 Å². The number of H-pyrrole nitrogens is 1. The highest BCUT2D eigenvalue weighted by Gasteiger charge is 2.14. The normalized spacial score (nSPS) is 12.5. The van der Waals surface area contributed by atoms with Crippen LogP contribution in [0, 0.1) is 0 Å². The van der Waals surface area contributed by atoms with Crippen LogP contribution in [0.3, 0.4) is 0 Å². The van der Waals surface area contributed by atoms with Crippen LogP contribution in [0.15, 0.2) is 67.1 Å². The molecule has 0 bridgehead atoms. The van der Waals surface area contributed by atoms with Gasteiger partial charge in [0.25, 0.3) is 0 Å². The Bertz CT molecular complexity index is 1280. The molecule has 1 atom stereocenters. The lowest BCUT2D eigenvalue weighted by atomic mass is 10.0. The smallest absolute Gasteiger partial charge is 0.122 e. The largest absolute Gasteiger partial charge is 0.486 e. The van der Waals surface area contributed by atoms with Gasteiger partial charge in [0.1, 0.15) is 17.5 Å². The molecule has 1 unspecified atom stereocenters. The van der Waals surface area contributed by atoms with E-state index in [-0.39, 0.29) is 6.10 Å². The quantitative estimate of drug-likeness (QED) is 0.501. The highest BCUT2D eigenvalue weighted by atomic mass is 16.5. The predicted octanol–water partition coefficient (Wildman–Crippen LogP) is 4.65. The number of nitrogens with zero attached hydrogens (tertiary/aromatic N) is 4. The number of rotatable bonds is 4. The lowest BCUT2D eigenvalue weighted by Crippen LogP contribution is -2.04. The molecular weight excluding hydrogens is 350 g/mol. The number of hydrogen-bond donors (Lipinski definition) is 1. The van der Waals surface area contributed by atoms with Crippen LogP contribution in [0.1, 0.15) is 18.6 Å². The maximum Gasteiger partial charge on any atom is 0.122 e. The van der Waals surface area contributed by atoms with E-state index in [1.807, 2.05) is 62.0 Å². The number of fused-ring (bicyclic) bond motifs is 2. The Morgan fingerprint density at radius 1 is 1.07 bits per heavy atom. The SMILES string of the molecule is CC(Oc1ccc2[nH]nc(-c3cnn(C)c3)c2c1)c1cccc2ncccc12. The zero-order chi connectivity index (χ0) is 19.1. The van der Waals surface area contributed by atoms with Crippen molar-refractivity contribution >= 4 is 21.8 Å². The van der Waals surface area contributed by atoms with Crippen LogP contribution >= 0.6 is 0 Å². The fourth-order valence-electron chi connectivity index (χ4n) is 3.58. The Morgan fingerprint density at radius 2 is 2.00 bits per heavy atom. The van der Waals surface area contributed by atoms with Crippen molar-refractivity contribution in [2.45, 2.75) is 13.0 Å². The minimum Gasteiger partial charge on any atom is -0.486 e. The first kappa shape index (κ1) is 16.5. The van der Waals surface area contributed by atoms with Gasteiger partial charge < -0.3 is 4.74 Å². The Labute approximate surface area is 161 Å². The Morgan fingerprint density at radius 3 is 2.86 bits per heavy atom. The molecule has 2 aromatic carbocycles. The van der Waals surface area contributed by atoms with Crippen LogP contribution in [0.25, 0.3) is 33.1 Å². The highest BCUT2D eigenvalue weighted by Crippen LogP contribution is 2.32. The summed E-state index contributed by atoms with van der Waals surface area (Å²) in [6, 6.07) is 16.1. The van der Waals surface area contributed by atoms with Gasteiger partial charge in [-0.3, -0.25) is 14.8 Å². The topological polar surface area (TPSA) is 68.6 Å². The third-order valence-corrected chi connectivity index (χ3v) is 4.94. The van der Waals surface area contributed by atoms with E-state index in [1.54, 1.807) is 4.68 Å². The van der Waals surface area contributed by atoms with E-state index in [4.69, 9.17) is 4.74 Å². The monoisotopic (exact) mass is 369 g/mol. The number of pyridine rings is 1. The molecule has 28 heavy (non-hydrogen) atoms. The fraction of sp³-hybridized carbons (Fsp3) is 0.136. The van der Waals surface area contributed by atoms with Crippen molar-refractivity contribution in [2.24, 2.45) is 7.05 Å². The summed E-state index contributed by atoms with van der Waals surface area (Å²) in [6.07, 6.45) is 5.47. The van der Waals surface area contributed by atoms with Crippen LogP contribution < -0.4 is 4.74 Å². The highest BCUT2D eigenvalue weighted by molar-refractivity contribution is 5.93. The summed E-state index contributed by atoms with van der Waals surface area (Å²) in [6.45, 7) is 2.06. The summed E-state index contributed by atoms with van der Waals surface area (Å²) in [5.74, 6) is 0.799. The fourth-order valence-corrected chi connectivity index (χ4v) is 3.58. The average molecular weight is 369 g/mol. The maximum absolute atomic E-state index is 6.29. The first-order chi connectivity index (χ1) is 13.7. The maximum atomic E-state index is 6.29. The summed E-state index contributed by atoms with van der Waals surface area (Å²) < 4.78 is 8.06. The van der Waals surface area contributed by atoms with Gasteiger partial charge in [-0.05, 0) is 37.3 Å². The molecule has 0 saturated carbocycles. The Hall–Kier alpha value is -3.67. The van der Waals surface area contributed by atoms with Gasteiger partial charge in [-0.1, -0.05) is 18.2 Å². The standard InChI is InChI=1S/C22H19N5O/c1-14(17-5-3-7-20-18(17)6-4-10-23-20)28-16-8-9-21-19(11-16)22(26-25-21)15-12-24-27(2)13-15/h3-14H,1-2H3,(H,25,26). The molecule has 5 rings (SSSR count). The number of aromatic amines is 1. The number of benzene rings is 2. The van der Waals surface area contributed by atoms with Crippen LogP contribution in [0.5, 0.6) is 5.75 Å². The molecule has 0 saturated heterocycles. The second-order valence-electron chi connectivity index (χ2n) is 6.86. The minimum atomic E-state index is -0.112. The summed E-state index contributed by atoms with van der Waals surface area (Å²) in [7, 11) is 1.90. The zero-order valence-electron chi connectivity index (χ0n) is 15.6. The molecule has 138 valence electrons. The molecule has 0 fully saturated rings. The van der Waals surface area contributed by atoms with E-state index in [1.165, 1.54) is 0 Å². The van der Waals surface area contributed by atoms with Crippen molar-refractivity contribution in [1.82, 2.24) is 25.0 Å². The molecule has 0 spiro atoms. The van der Waals surface area contributed by atoms with Gasteiger partial charge in [0.2, 0.25) is 0 Å². The lowest BCUT2D eigenvalue weighted by molar-refractivity contribution is 0.229. The summed E-state index contributed by atoms with van der Waals surface area (Å²) in [5.41, 5.74) is 4.90. The van der Waals surface area contributed by atoms with E-state index < -0.39 is 0 Å². The van der Waals surface area contributed by atoms with Crippen LogP contribution in [-0.4, -0.2) is 25.0 Å². The molecular formula is C22H19N5O. The van der Waals surface area contributed by atoms with E-state index in [0.717, 1.165) is 44.4 Å². The van der Waals surface area contributed by atoms with Crippen molar-refractivity contribution in [1.29, 1.82) is 0 Å². The van der Waals surface area contributed by atoms with Gasteiger partial charge in [0.05, 0.1) is 17.2 Å². The van der Waals surface area contributed by atoms with Crippen molar-refractivity contribution < 1.29 is 4.74 Å². The molecule has 6 heteroatoms. The Balaban J connectivity index is 1.51. The van der Waals surface area contributed by atoms with Crippen molar-refractivity contribution in [3.8, 4) is 17.0 Å². The summed E-state index contributed by atoms with van der Waals surface area (Å²) >= 11 is 0. The first-order valence-electron chi connectivity index (χ1n) is 9.16. The van der Waals surface area contributed by atoms with Gasteiger partial charge in [-0.15, -0.1) is 0 Å². The number of hydrogen-bond acceptors (Lipinski definition) is 4. The first-order valence-corrected chi connectivity index (χ1v) is 9.16.